The quantitative estimate of drug-likeness (QED) is 0.776. The van der Waals surface area contributed by atoms with E-state index in [-0.39, 0.29) is 22.2 Å². The van der Waals surface area contributed by atoms with E-state index in [0.717, 1.165) is 10.4 Å². The van der Waals surface area contributed by atoms with Gasteiger partial charge in [0.05, 0.1) is 13.3 Å². The van der Waals surface area contributed by atoms with Crippen molar-refractivity contribution in [2.75, 3.05) is 18.5 Å². The van der Waals surface area contributed by atoms with E-state index in [1.165, 1.54) is 39.7 Å². The maximum absolute atomic E-state index is 12.5. The monoisotopic (exact) mass is 311 g/mol. The van der Waals surface area contributed by atoms with E-state index in [2.05, 4.69) is 14.7 Å². The summed E-state index contributed by atoms with van der Waals surface area (Å²) in [5, 5.41) is 0. The largest absolute Gasteiger partial charge is 0.463 e. The Kier molecular flexibility index (Phi) is 3.94. The van der Waals surface area contributed by atoms with Crippen molar-refractivity contribution >= 4 is 21.8 Å². The van der Waals surface area contributed by atoms with Crippen LogP contribution in [0, 0.1) is 6.92 Å². The van der Waals surface area contributed by atoms with Gasteiger partial charge in [0.25, 0.3) is 10.0 Å². The number of nitrogens with zero attached hydrogens (tertiary/aromatic N) is 3. The van der Waals surface area contributed by atoms with Crippen molar-refractivity contribution in [3.05, 3.63) is 36.2 Å². The van der Waals surface area contributed by atoms with Gasteiger partial charge in [-0.05, 0) is 6.92 Å². The van der Waals surface area contributed by atoms with Gasteiger partial charge in [-0.2, -0.15) is 0 Å². The fraction of sp³-hybridized carbons (Fsp3) is 0.250. The van der Waals surface area contributed by atoms with Crippen molar-refractivity contribution in [3.8, 4) is 0 Å². The van der Waals surface area contributed by atoms with Crippen molar-refractivity contribution in [2.45, 2.75) is 11.8 Å². The van der Waals surface area contributed by atoms with E-state index < -0.39 is 16.0 Å². The van der Waals surface area contributed by atoms with Crippen molar-refractivity contribution < 1.29 is 22.4 Å². The van der Waals surface area contributed by atoms with E-state index in [1.807, 2.05) is 0 Å². The number of carbonyl (C=O) groups is 1. The smallest absolute Gasteiger partial charge is 0.373 e. The van der Waals surface area contributed by atoms with Crippen molar-refractivity contribution in [1.29, 1.82) is 0 Å². The molecular formula is C12H13N3O5S. The highest BCUT2D eigenvalue weighted by Gasteiger charge is 2.29. The first kappa shape index (κ1) is 15.0. The molecule has 0 aliphatic heterocycles. The minimum absolute atomic E-state index is 0.0890. The second kappa shape index (κ2) is 5.52. The average molecular weight is 311 g/mol. The number of aromatic nitrogens is 2. The van der Waals surface area contributed by atoms with Gasteiger partial charge in [-0.15, -0.1) is 0 Å². The molecule has 0 saturated carbocycles. The van der Waals surface area contributed by atoms with Gasteiger partial charge in [0.2, 0.25) is 5.76 Å². The number of esters is 1. The predicted molar refractivity (Wildman–Crippen MR) is 72.4 cm³/mol. The lowest BCUT2D eigenvalue weighted by Crippen LogP contribution is -2.27. The first-order valence-electron chi connectivity index (χ1n) is 5.81. The molecule has 0 radical (unpaired) electrons. The summed E-state index contributed by atoms with van der Waals surface area (Å²) in [6.45, 7) is 1.45. The number of sulfonamides is 1. The summed E-state index contributed by atoms with van der Waals surface area (Å²) >= 11 is 0. The van der Waals surface area contributed by atoms with E-state index in [9.17, 15) is 13.2 Å². The molecule has 2 aromatic heterocycles. The van der Waals surface area contributed by atoms with Gasteiger partial charge in [-0.3, -0.25) is 9.29 Å². The first-order chi connectivity index (χ1) is 9.87. The Morgan fingerprint density at radius 2 is 2.10 bits per heavy atom. The Morgan fingerprint density at radius 3 is 2.67 bits per heavy atom. The standard InChI is InChI=1S/C12H13N3O5S/c1-8-10(6-9(20-8)12(16)19-3)21(17,18)15(2)11-7-13-4-5-14-11/h4-7H,1-3H3. The number of ether oxygens (including phenoxy) is 1. The van der Waals surface area contributed by atoms with Crippen molar-refractivity contribution in [3.63, 3.8) is 0 Å². The Bertz CT molecular complexity index is 754. The molecule has 0 fully saturated rings. The number of hydrogen-bond acceptors (Lipinski definition) is 7. The molecule has 0 unspecified atom stereocenters. The molecule has 0 bridgehead atoms. The van der Waals surface area contributed by atoms with Crippen LogP contribution in [-0.4, -0.2) is 38.5 Å². The van der Waals surface area contributed by atoms with Crippen LogP contribution in [-0.2, 0) is 14.8 Å². The molecule has 8 nitrogen and oxygen atoms in total. The predicted octanol–water partition coefficient (Wildman–Crippen LogP) is 0.990. The molecule has 0 amide bonds. The lowest BCUT2D eigenvalue weighted by molar-refractivity contribution is 0.0563. The summed E-state index contributed by atoms with van der Waals surface area (Å²) in [6, 6.07) is 1.13. The van der Waals surface area contributed by atoms with Crippen LogP contribution in [0.15, 0.2) is 34.0 Å². The van der Waals surface area contributed by atoms with E-state index in [4.69, 9.17) is 4.42 Å². The van der Waals surface area contributed by atoms with Crippen LogP contribution >= 0.6 is 0 Å². The van der Waals surface area contributed by atoms with Gasteiger partial charge >= 0.3 is 5.97 Å². The molecule has 21 heavy (non-hydrogen) atoms. The summed E-state index contributed by atoms with van der Waals surface area (Å²) in [7, 11) is -1.40. The van der Waals surface area contributed by atoms with Gasteiger partial charge in [0.15, 0.2) is 5.82 Å². The minimum Gasteiger partial charge on any atom is -0.463 e. The summed E-state index contributed by atoms with van der Waals surface area (Å²) in [5.41, 5.74) is 0. The zero-order valence-corrected chi connectivity index (χ0v) is 12.4. The second-order valence-corrected chi connectivity index (χ2v) is 6.00. The molecular weight excluding hydrogens is 298 g/mol. The number of hydrogen-bond donors (Lipinski definition) is 0. The van der Waals surface area contributed by atoms with E-state index >= 15 is 0 Å². The number of methoxy groups -OCH3 is 1. The van der Waals surface area contributed by atoms with Crippen molar-refractivity contribution in [1.82, 2.24) is 9.97 Å². The highest BCUT2D eigenvalue weighted by Crippen LogP contribution is 2.25. The second-order valence-electron chi connectivity index (χ2n) is 4.06. The molecule has 0 aliphatic carbocycles. The fourth-order valence-electron chi connectivity index (χ4n) is 1.65. The average Bonchev–Trinajstić information content (AvgIpc) is 2.89. The molecule has 2 aromatic rings. The lowest BCUT2D eigenvalue weighted by Gasteiger charge is -2.16. The molecule has 0 aliphatic rings. The lowest BCUT2D eigenvalue weighted by atomic mass is 10.4. The molecule has 0 aromatic carbocycles. The highest BCUT2D eigenvalue weighted by molar-refractivity contribution is 7.92. The van der Waals surface area contributed by atoms with Gasteiger partial charge in [0.1, 0.15) is 10.7 Å². The normalized spacial score (nSPS) is 11.2. The summed E-state index contributed by atoms with van der Waals surface area (Å²) < 4.78 is 35.6. The van der Waals surface area contributed by atoms with Gasteiger partial charge < -0.3 is 9.15 Å². The molecule has 0 N–H and O–H groups in total. The third kappa shape index (κ3) is 2.72. The summed E-state index contributed by atoms with van der Waals surface area (Å²) in [6.07, 6.45) is 4.13. The van der Waals surface area contributed by atoms with Crippen LogP contribution in [0.3, 0.4) is 0 Å². The van der Waals surface area contributed by atoms with E-state index in [0.29, 0.717) is 0 Å². The number of carbonyl (C=O) groups excluding carboxylic acids is 1. The Hall–Kier alpha value is -2.42. The topological polar surface area (TPSA) is 103 Å². The van der Waals surface area contributed by atoms with Crippen LogP contribution in [0.4, 0.5) is 5.82 Å². The maximum atomic E-state index is 12.5. The minimum atomic E-state index is -3.91. The van der Waals surface area contributed by atoms with Gasteiger partial charge in [-0.1, -0.05) is 0 Å². The molecule has 0 atom stereocenters. The third-order valence-electron chi connectivity index (χ3n) is 2.77. The number of rotatable bonds is 4. The number of aryl methyl sites for hydroxylation is 1. The Labute approximate surface area is 121 Å². The molecule has 2 heterocycles. The van der Waals surface area contributed by atoms with Crippen LogP contribution in [0.25, 0.3) is 0 Å². The molecule has 2 rings (SSSR count). The fourth-order valence-corrected chi connectivity index (χ4v) is 2.94. The van der Waals surface area contributed by atoms with Crippen LogP contribution in [0.1, 0.15) is 16.3 Å². The molecule has 0 spiro atoms. The van der Waals surface area contributed by atoms with Crippen LogP contribution in [0.5, 0.6) is 0 Å². The highest BCUT2D eigenvalue weighted by atomic mass is 32.2. The van der Waals surface area contributed by atoms with Gasteiger partial charge in [0, 0.05) is 25.5 Å². The first-order valence-corrected chi connectivity index (χ1v) is 7.25. The molecule has 112 valence electrons. The molecule has 9 heteroatoms. The zero-order valence-electron chi connectivity index (χ0n) is 11.6. The van der Waals surface area contributed by atoms with E-state index in [1.54, 1.807) is 0 Å². The maximum Gasteiger partial charge on any atom is 0.373 e. The third-order valence-corrected chi connectivity index (χ3v) is 4.64. The van der Waals surface area contributed by atoms with Gasteiger partial charge in [-0.25, -0.2) is 18.2 Å². The Balaban J connectivity index is 2.45. The Morgan fingerprint density at radius 1 is 1.38 bits per heavy atom. The summed E-state index contributed by atoms with van der Waals surface area (Å²) in [5.74, 6) is -0.688. The summed E-state index contributed by atoms with van der Waals surface area (Å²) in [4.78, 5) is 19.0. The zero-order chi connectivity index (χ0) is 15.6. The molecule has 0 saturated heterocycles. The number of furan rings is 1. The van der Waals surface area contributed by atoms with Crippen LogP contribution < -0.4 is 4.31 Å². The number of anilines is 1. The SMILES string of the molecule is COC(=O)c1cc(S(=O)(=O)N(C)c2cnccn2)c(C)o1. The van der Waals surface area contributed by atoms with Crippen molar-refractivity contribution in [2.24, 2.45) is 0 Å². The van der Waals surface area contributed by atoms with Crippen LogP contribution in [0.2, 0.25) is 0 Å².